The zero-order chi connectivity index (χ0) is 8.55. The molecule has 2 aromatic rings. The molecule has 5 heteroatoms. The molecule has 0 radical (unpaired) electrons. The van der Waals surface area contributed by atoms with Gasteiger partial charge in [-0.1, -0.05) is 6.92 Å². The number of aromatic nitrogens is 3. The number of imidazole rings is 1. The van der Waals surface area contributed by atoms with Crippen molar-refractivity contribution in [3.63, 3.8) is 0 Å². The van der Waals surface area contributed by atoms with Gasteiger partial charge in [0.05, 0.1) is 0 Å². The topological polar surface area (TPSA) is 39.3 Å². The van der Waals surface area contributed by atoms with Crippen molar-refractivity contribution in [1.82, 2.24) is 13.3 Å². The Kier molecular flexibility index (Phi) is 1.73. The molecule has 0 saturated carbocycles. The van der Waals surface area contributed by atoms with Gasteiger partial charge in [0, 0.05) is 18.9 Å². The second-order valence-corrected chi connectivity index (χ2v) is 3.54. The molecule has 12 heavy (non-hydrogen) atoms. The summed E-state index contributed by atoms with van der Waals surface area (Å²) in [7, 11) is 0. The first-order valence-electron chi connectivity index (χ1n) is 3.86. The summed E-state index contributed by atoms with van der Waals surface area (Å²) in [6.45, 7) is 2.84. The Morgan fingerprint density at radius 2 is 2.50 bits per heavy atom. The van der Waals surface area contributed by atoms with Crippen LogP contribution in [-0.2, 0) is 6.54 Å². The van der Waals surface area contributed by atoms with Crippen LogP contribution in [0.1, 0.15) is 13.3 Å². The van der Waals surface area contributed by atoms with E-state index in [4.69, 9.17) is 0 Å². The van der Waals surface area contributed by atoms with Crippen LogP contribution in [0.5, 0.6) is 0 Å². The Labute approximate surface area is 73.2 Å². The van der Waals surface area contributed by atoms with Crippen LogP contribution in [0, 0.1) is 0 Å². The monoisotopic (exact) mass is 183 g/mol. The molecule has 2 heterocycles. The van der Waals surface area contributed by atoms with Gasteiger partial charge in [0.25, 0.3) is 0 Å². The van der Waals surface area contributed by atoms with E-state index in [9.17, 15) is 4.79 Å². The van der Waals surface area contributed by atoms with E-state index in [1.54, 1.807) is 20.8 Å². The summed E-state index contributed by atoms with van der Waals surface area (Å²) < 4.78 is 3.29. The first-order valence-corrected chi connectivity index (χ1v) is 4.63. The maximum absolute atomic E-state index is 11.5. The summed E-state index contributed by atoms with van der Waals surface area (Å²) in [6.07, 6.45) is 4.31. The second-order valence-electron chi connectivity index (χ2n) is 2.56. The van der Waals surface area contributed by atoms with Gasteiger partial charge in [-0.25, -0.2) is 18.1 Å². The van der Waals surface area contributed by atoms with Crippen molar-refractivity contribution < 1.29 is 0 Å². The van der Waals surface area contributed by atoms with E-state index < -0.39 is 0 Å². The highest BCUT2D eigenvalue weighted by Crippen LogP contribution is 2.04. The van der Waals surface area contributed by atoms with Gasteiger partial charge < -0.3 is 0 Å². The zero-order valence-electron chi connectivity index (χ0n) is 6.73. The molecule has 2 rings (SSSR count). The average Bonchev–Trinajstić information content (AvgIpc) is 2.58. The fourth-order valence-electron chi connectivity index (χ4n) is 1.11. The molecule has 0 N–H and O–H groups in total. The highest BCUT2D eigenvalue weighted by atomic mass is 32.1. The lowest BCUT2D eigenvalue weighted by Crippen LogP contribution is -2.18. The van der Waals surface area contributed by atoms with Crippen molar-refractivity contribution in [2.75, 3.05) is 0 Å². The Bertz CT molecular complexity index is 439. The van der Waals surface area contributed by atoms with Crippen LogP contribution in [0.4, 0.5) is 0 Å². The largest absolute Gasteiger partial charge is 0.343 e. The SMILES string of the molecule is CCCn1sc2nccn2c1=O. The number of hydrogen-bond donors (Lipinski definition) is 0. The van der Waals surface area contributed by atoms with Crippen molar-refractivity contribution in [2.45, 2.75) is 19.9 Å². The second kappa shape index (κ2) is 2.75. The molecule has 0 unspecified atom stereocenters. The van der Waals surface area contributed by atoms with E-state index in [-0.39, 0.29) is 5.69 Å². The third-order valence-corrected chi connectivity index (χ3v) is 2.67. The van der Waals surface area contributed by atoms with Crippen LogP contribution in [0.2, 0.25) is 0 Å². The minimum absolute atomic E-state index is 0.0225. The van der Waals surface area contributed by atoms with E-state index >= 15 is 0 Å². The number of hydrogen-bond acceptors (Lipinski definition) is 3. The van der Waals surface area contributed by atoms with Crippen LogP contribution in [0.15, 0.2) is 17.2 Å². The molecule has 0 aromatic carbocycles. The van der Waals surface area contributed by atoms with E-state index in [0.717, 1.165) is 17.9 Å². The number of nitrogens with zero attached hydrogens (tertiary/aromatic N) is 3. The highest BCUT2D eigenvalue weighted by molar-refractivity contribution is 7.11. The maximum Gasteiger partial charge on any atom is 0.343 e. The van der Waals surface area contributed by atoms with E-state index in [1.165, 1.54) is 11.5 Å². The van der Waals surface area contributed by atoms with Crippen molar-refractivity contribution in [2.24, 2.45) is 0 Å². The van der Waals surface area contributed by atoms with Gasteiger partial charge in [-0.15, -0.1) is 0 Å². The molecule has 0 fully saturated rings. The molecular formula is C7H9N3OS. The summed E-state index contributed by atoms with van der Waals surface area (Å²) in [5, 5.41) is 0. The van der Waals surface area contributed by atoms with Gasteiger partial charge in [-0.05, 0) is 18.0 Å². The van der Waals surface area contributed by atoms with Crippen LogP contribution >= 0.6 is 11.5 Å². The van der Waals surface area contributed by atoms with Crippen LogP contribution in [0.25, 0.3) is 4.96 Å². The van der Waals surface area contributed by atoms with Crippen molar-refractivity contribution >= 4 is 16.5 Å². The van der Waals surface area contributed by atoms with Gasteiger partial charge in [0.2, 0.25) is 4.96 Å². The lowest BCUT2D eigenvalue weighted by atomic mass is 10.5. The standard InChI is InChI=1S/C7H9N3OS/c1-2-4-10-7(11)9-5-3-8-6(9)12-10/h3,5H,2,4H2,1H3. The lowest BCUT2D eigenvalue weighted by Gasteiger charge is -1.91. The van der Waals surface area contributed by atoms with Crippen molar-refractivity contribution in [3.8, 4) is 0 Å². The molecule has 0 atom stereocenters. The summed E-state index contributed by atoms with van der Waals surface area (Å²) >= 11 is 1.41. The molecule has 4 nitrogen and oxygen atoms in total. The molecule has 0 amide bonds. The summed E-state index contributed by atoms with van der Waals surface area (Å²) in [6, 6.07) is 0. The van der Waals surface area contributed by atoms with Gasteiger partial charge in [0.1, 0.15) is 0 Å². The fourth-order valence-corrected chi connectivity index (χ4v) is 2.08. The third kappa shape index (κ3) is 0.972. The summed E-state index contributed by atoms with van der Waals surface area (Å²) in [5.41, 5.74) is 0.0225. The smallest absolute Gasteiger partial charge is 0.246 e. The summed E-state index contributed by atoms with van der Waals surface area (Å²) in [4.78, 5) is 16.3. The van der Waals surface area contributed by atoms with Crippen molar-refractivity contribution in [1.29, 1.82) is 0 Å². The molecule has 0 saturated heterocycles. The molecule has 64 valence electrons. The van der Waals surface area contributed by atoms with Gasteiger partial charge in [-0.3, -0.25) is 0 Å². The Hall–Kier alpha value is -1.10. The molecule has 0 aliphatic carbocycles. The van der Waals surface area contributed by atoms with Gasteiger partial charge >= 0.3 is 5.69 Å². The Balaban J connectivity index is 2.63. The number of rotatable bonds is 2. The van der Waals surface area contributed by atoms with Crippen LogP contribution in [-0.4, -0.2) is 13.3 Å². The van der Waals surface area contributed by atoms with E-state index in [0.29, 0.717) is 0 Å². The number of fused-ring (bicyclic) bond motifs is 1. The fraction of sp³-hybridized carbons (Fsp3) is 0.429. The number of aryl methyl sites for hydroxylation is 1. The van der Waals surface area contributed by atoms with Crippen molar-refractivity contribution in [3.05, 3.63) is 22.9 Å². The highest BCUT2D eigenvalue weighted by Gasteiger charge is 2.04. The average molecular weight is 183 g/mol. The first kappa shape index (κ1) is 7.54. The molecular weight excluding hydrogens is 174 g/mol. The van der Waals surface area contributed by atoms with Crippen LogP contribution < -0.4 is 5.69 Å². The Morgan fingerprint density at radius 1 is 1.67 bits per heavy atom. The van der Waals surface area contributed by atoms with Crippen LogP contribution in [0.3, 0.4) is 0 Å². The quantitative estimate of drug-likeness (QED) is 0.696. The molecule has 0 spiro atoms. The van der Waals surface area contributed by atoms with Gasteiger partial charge in [-0.2, -0.15) is 0 Å². The van der Waals surface area contributed by atoms with E-state index in [2.05, 4.69) is 11.9 Å². The lowest BCUT2D eigenvalue weighted by molar-refractivity contribution is 0.693. The molecule has 0 aliphatic rings. The van der Waals surface area contributed by atoms with E-state index in [1.807, 2.05) is 0 Å². The molecule has 0 bridgehead atoms. The minimum Gasteiger partial charge on any atom is -0.246 e. The maximum atomic E-state index is 11.5. The zero-order valence-corrected chi connectivity index (χ0v) is 7.54. The van der Waals surface area contributed by atoms with Gasteiger partial charge in [0.15, 0.2) is 0 Å². The Morgan fingerprint density at radius 3 is 3.17 bits per heavy atom. The predicted molar refractivity (Wildman–Crippen MR) is 47.6 cm³/mol. The molecule has 0 aliphatic heterocycles. The predicted octanol–water partition coefficient (Wildman–Crippen LogP) is 0.967. The molecule has 2 aromatic heterocycles. The normalized spacial score (nSPS) is 11.1. The third-order valence-electron chi connectivity index (χ3n) is 1.64. The first-order chi connectivity index (χ1) is 5.83. The summed E-state index contributed by atoms with van der Waals surface area (Å²) in [5.74, 6) is 0. The minimum atomic E-state index is 0.0225.